The van der Waals surface area contributed by atoms with Crippen LogP contribution in [0.25, 0.3) is 0 Å². The predicted octanol–water partition coefficient (Wildman–Crippen LogP) is 0.724. The highest BCUT2D eigenvalue weighted by Crippen LogP contribution is 2.36. The molecule has 0 bridgehead atoms. The molecule has 1 aromatic rings. The van der Waals surface area contributed by atoms with Crippen LogP contribution in [0, 0.1) is 0 Å². The molecular weight excluding hydrogens is 334 g/mol. The van der Waals surface area contributed by atoms with Crippen molar-refractivity contribution in [1.82, 2.24) is 20.2 Å². The standard InChI is InChI=1S/C18H25N5O3/c1-26-17-10-15(19-11-20-17)23(12-2-3-12)13-6-8-22(9-7-13)18(25)14-4-5-16(24)21-14/h10-14H,2-9H2,1H3,(H,21,24). The Bertz CT molecular complexity index is 685. The maximum absolute atomic E-state index is 12.6. The number of nitrogens with zero attached hydrogens (tertiary/aromatic N) is 4. The van der Waals surface area contributed by atoms with Crippen molar-refractivity contribution >= 4 is 17.6 Å². The number of ether oxygens (including phenoxy) is 1. The number of carbonyl (C=O) groups excluding carboxylic acids is 2. The van der Waals surface area contributed by atoms with Gasteiger partial charge in [-0.25, -0.2) is 9.97 Å². The molecule has 140 valence electrons. The molecule has 3 fully saturated rings. The number of rotatable bonds is 5. The lowest BCUT2D eigenvalue weighted by Gasteiger charge is -2.40. The second-order valence-electron chi connectivity index (χ2n) is 7.27. The predicted molar refractivity (Wildman–Crippen MR) is 94.9 cm³/mol. The van der Waals surface area contributed by atoms with Gasteiger partial charge in [0.05, 0.1) is 7.11 Å². The van der Waals surface area contributed by atoms with Crippen LogP contribution in [-0.2, 0) is 9.59 Å². The first-order valence-electron chi connectivity index (χ1n) is 9.38. The number of piperidine rings is 1. The van der Waals surface area contributed by atoms with E-state index in [2.05, 4.69) is 20.2 Å². The van der Waals surface area contributed by atoms with E-state index < -0.39 is 0 Å². The molecule has 2 amide bonds. The number of likely N-dealkylation sites (tertiary alicyclic amines) is 1. The molecule has 0 aromatic carbocycles. The summed E-state index contributed by atoms with van der Waals surface area (Å²) >= 11 is 0. The summed E-state index contributed by atoms with van der Waals surface area (Å²) in [5.41, 5.74) is 0. The third-order valence-electron chi connectivity index (χ3n) is 5.50. The molecule has 4 rings (SSSR count). The molecule has 1 saturated carbocycles. The Hall–Kier alpha value is -2.38. The number of aromatic nitrogens is 2. The molecular formula is C18H25N5O3. The molecule has 2 aliphatic heterocycles. The Morgan fingerprint density at radius 1 is 1.19 bits per heavy atom. The number of carbonyl (C=O) groups is 2. The molecule has 2 saturated heterocycles. The van der Waals surface area contributed by atoms with Gasteiger partial charge in [0.1, 0.15) is 18.2 Å². The van der Waals surface area contributed by atoms with Crippen molar-refractivity contribution in [3.05, 3.63) is 12.4 Å². The van der Waals surface area contributed by atoms with Gasteiger partial charge in [0.25, 0.3) is 0 Å². The highest BCUT2D eigenvalue weighted by Gasteiger charge is 2.38. The van der Waals surface area contributed by atoms with Gasteiger partial charge in [0.2, 0.25) is 17.7 Å². The van der Waals surface area contributed by atoms with Gasteiger partial charge in [-0.05, 0) is 32.1 Å². The normalized spacial score (nSPS) is 23.7. The summed E-state index contributed by atoms with van der Waals surface area (Å²) in [7, 11) is 1.61. The van der Waals surface area contributed by atoms with E-state index in [0.717, 1.165) is 31.7 Å². The first kappa shape index (κ1) is 17.1. The SMILES string of the molecule is COc1cc(N(C2CC2)C2CCN(C(=O)C3CCC(=O)N3)CC2)ncn1. The van der Waals surface area contributed by atoms with Crippen molar-refractivity contribution in [2.24, 2.45) is 0 Å². The molecule has 1 aliphatic carbocycles. The minimum Gasteiger partial charge on any atom is -0.481 e. The monoisotopic (exact) mass is 359 g/mol. The van der Waals surface area contributed by atoms with Gasteiger partial charge >= 0.3 is 0 Å². The van der Waals surface area contributed by atoms with E-state index in [1.165, 1.54) is 12.8 Å². The fourth-order valence-electron chi connectivity index (χ4n) is 3.99. The maximum Gasteiger partial charge on any atom is 0.245 e. The summed E-state index contributed by atoms with van der Waals surface area (Å²) < 4.78 is 5.24. The Kier molecular flexibility index (Phi) is 4.65. The van der Waals surface area contributed by atoms with Crippen LogP contribution in [-0.4, -0.2) is 65.0 Å². The number of anilines is 1. The smallest absolute Gasteiger partial charge is 0.245 e. The molecule has 3 heterocycles. The lowest BCUT2D eigenvalue weighted by molar-refractivity contribution is -0.135. The summed E-state index contributed by atoms with van der Waals surface area (Å²) in [5.74, 6) is 1.53. The van der Waals surface area contributed by atoms with Crippen molar-refractivity contribution < 1.29 is 14.3 Å². The van der Waals surface area contributed by atoms with Crippen LogP contribution in [0.3, 0.4) is 0 Å². The minimum absolute atomic E-state index is 0.0177. The van der Waals surface area contributed by atoms with Gasteiger partial charge in [-0.2, -0.15) is 0 Å². The Balaban J connectivity index is 1.40. The third kappa shape index (κ3) is 3.45. The molecule has 26 heavy (non-hydrogen) atoms. The first-order valence-corrected chi connectivity index (χ1v) is 9.38. The maximum atomic E-state index is 12.6. The van der Waals surface area contributed by atoms with Crippen molar-refractivity contribution in [1.29, 1.82) is 0 Å². The van der Waals surface area contributed by atoms with E-state index >= 15 is 0 Å². The number of hydrogen-bond donors (Lipinski definition) is 1. The van der Waals surface area contributed by atoms with Gasteiger partial charge in [0.15, 0.2) is 0 Å². The van der Waals surface area contributed by atoms with Crippen LogP contribution < -0.4 is 15.0 Å². The van der Waals surface area contributed by atoms with E-state index in [4.69, 9.17) is 4.74 Å². The van der Waals surface area contributed by atoms with Crippen LogP contribution in [0.4, 0.5) is 5.82 Å². The van der Waals surface area contributed by atoms with E-state index in [0.29, 0.717) is 30.8 Å². The summed E-state index contributed by atoms with van der Waals surface area (Å²) in [6, 6.07) is 2.45. The molecule has 1 N–H and O–H groups in total. The van der Waals surface area contributed by atoms with Crippen LogP contribution in [0.2, 0.25) is 0 Å². The second-order valence-corrected chi connectivity index (χ2v) is 7.27. The van der Waals surface area contributed by atoms with Crippen LogP contribution >= 0.6 is 0 Å². The number of amides is 2. The van der Waals surface area contributed by atoms with Crippen LogP contribution in [0.1, 0.15) is 38.5 Å². The van der Waals surface area contributed by atoms with E-state index in [1.807, 2.05) is 11.0 Å². The topological polar surface area (TPSA) is 87.7 Å². The molecule has 1 atom stereocenters. The average molecular weight is 359 g/mol. The van der Waals surface area contributed by atoms with E-state index in [-0.39, 0.29) is 17.9 Å². The van der Waals surface area contributed by atoms with Crippen LogP contribution in [0.5, 0.6) is 5.88 Å². The van der Waals surface area contributed by atoms with Crippen molar-refractivity contribution in [2.75, 3.05) is 25.1 Å². The van der Waals surface area contributed by atoms with Crippen molar-refractivity contribution in [3.63, 3.8) is 0 Å². The zero-order valence-electron chi connectivity index (χ0n) is 15.1. The Labute approximate surface area is 152 Å². The average Bonchev–Trinajstić information content (AvgIpc) is 3.41. The van der Waals surface area contributed by atoms with E-state index in [9.17, 15) is 9.59 Å². The van der Waals surface area contributed by atoms with Gasteiger partial charge in [-0.15, -0.1) is 0 Å². The second kappa shape index (κ2) is 7.09. The quantitative estimate of drug-likeness (QED) is 0.834. The highest BCUT2D eigenvalue weighted by atomic mass is 16.5. The Morgan fingerprint density at radius 2 is 1.92 bits per heavy atom. The fraction of sp³-hybridized carbons (Fsp3) is 0.667. The lowest BCUT2D eigenvalue weighted by Crippen LogP contribution is -2.51. The van der Waals surface area contributed by atoms with Gasteiger partial charge in [-0.1, -0.05) is 0 Å². The van der Waals surface area contributed by atoms with Gasteiger partial charge in [-0.3, -0.25) is 9.59 Å². The zero-order chi connectivity index (χ0) is 18.1. The molecule has 1 aromatic heterocycles. The summed E-state index contributed by atoms with van der Waals surface area (Å²) in [4.78, 5) is 36.8. The van der Waals surface area contributed by atoms with Crippen molar-refractivity contribution in [2.45, 2.75) is 56.7 Å². The number of hydrogen-bond acceptors (Lipinski definition) is 6. The van der Waals surface area contributed by atoms with E-state index in [1.54, 1.807) is 13.4 Å². The molecule has 0 spiro atoms. The minimum atomic E-state index is -0.329. The molecule has 3 aliphatic rings. The van der Waals surface area contributed by atoms with Crippen molar-refractivity contribution in [3.8, 4) is 5.88 Å². The lowest BCUT2D eigenvalue weighted by atomic mass is 10.0. The van der Waals surface area contributed by atoms with Gasteiger partial charge in [0, 0.05) is 37.7 Å². The summed E-state index contributed by atoms with van der Waals surface area (Å²) in [6.07, 6.45) is 6.80. The molecule has 1 unspecified atom stereocenters. The zero-order valence-corrected chi connectivity index (χ0v) is 15.1. The Morgan fingerprint density at radius 3 is 2.54 bits per heavy atom. The van der Waals surface area contributed by atoms with Gasteiger partial charge < -0.3 is 19.9 Å². The first-order chi connectivity index (χ1) is 12.7. The molecule has 8 heteroatoms. The van der Waals surface area contributed by atoms with Crippen LogP contribution in [0.15, 0.2) is 12.4 Å². The summed E-state index contributed by atoms with van der Waals surface area (Å²) in [6.45, 7) is 1.45. The largest absolute Gasteiger partial charge is 0.481 e. The fourth-order valence-corrected chi connectivity index (χ4v) is 3.99. The highest BCUT2D eigenvalue weighted by molar-refractivity contribution is 5.90. The third-order valence-corrected chi connectivity index (χ3v) is 5.50. The molecule has 0 radical (unpaired) electrons. The number of nitrogens with one attached hydrogen (secondary N) is 1. The molecule has 8 nitrogen and oxygen atoms in total. The summed E-state index contributed by atoms with van der Waals surface area (Å²) in [5, 5.41) is 2.78. The number of methoxy groups -OCH3 is 1.